The maximum atomic E-state index is 13.0. The number of aromatic amines is 1. The van der Waals surface area contributed by atoms with Crippen LogP contribution >= 0.6 is 0 Å². The van der Waals surface area contributed by atoms with Crippen molar-refractivity contribution in [1.29, 1.82) is 0 Å². The van der Waals surface area contributed by atoms with Crippen LogP contribution in [0.3, 0.4) is 0 Å². The predicted octanol–water partition coefficient (Wildman–Crippen LogP) is 2.40. The molecule has 1 saturated carbocycles. The summed E-state index contributed by atoms with van der Waals surface area (Å²) in [6.45, 7) is 7.12. The van der Waals surface area contributed by atoms with Gasteiger partial charge in [0, 0.05) is 12.0 Å². The third kappa shape index (κ3) is 4.87. The fourth-order valence-corrected chi connectivity index (χ4v) is 5.51. The van der Waals surface area contributed by atoms with Gasteiger partial charge >= 0.3 is 0 Å². The zero-order chi connectivity index (χ0) is 22.8. The van der Waals surface area contributed by atoms with Crippen molar-refractivity contribution >= 4 is 10.9 Å². The Morgan fingerprint density at radius 1 is 1.09 bits per heavy atom. The first kappa shape index (κ1) is 22.2. The highest BCUT2D eigenvalue weighted by Gasteiger charge is 2.27. The number of rotatable bonds is 7. The van der Waals surface area contributed by atoms with E-state index in [1.807, 2.05) is 11.6 Å². The zero-order valence-electron chi connectivity index (χ0n) is 19.8. The lowest BCUT2D eigenvalue weighted by Crippen LogP contribution is -3.10. The summed E-state index contributed by atoms with van der Waals surface area (Å²) in [7, 11) is 0. The van der Waals surface area contributed by atoms with Gasteiger partial charge in [-0.1, -0.05) is 31.4 Å². The van der Waals surface area contributed by atoms with E-state index in [4.69, 9.17) is 4.74 Å². The van der Waals surface area contributed by atoms with Crippen molar-refractivity contribution in [1.82, 2.24) is 25.2 Å². The predicted molar refractivity (Wildman–Crippen MR) is 126 cm³/mol. The normalized spacial score (nSPS) is 20.5. The summed E-state index contributed by atoms with van der Waals surface area (Å²) in [4.78, 5) is 17.5. The lowest BCUT2D eigenvalue weighted by atomic mass is 9.95. The Hall–Kier alpha value is -2.58. The first-order valence-corrected chi connectivity index (χ1v) is 12.4. The first-order valence-electron chi connectivity index (χ1n) is 12.4. The number of aromatic nitrogens is 5. The number of nitrogens with one attached hydrogen (secondary N) is 2. The topological polar surface area (TPSA) is 90.1 Å². The number of fused-ring (bicyclic) bond motifs is 1. The number of hydrogen-bond acceptors (Lipinski definition) is 5. The Morgan fingerprint density at radius 2 is 1.91 bits per heavy atom. The molecule has 2 atom stereocenters. The van der Waals surface area contributed by atoms with Crippen LogP contribution in [0.1, 0.15) is 73.5 Å². The summed E-state index contributed by atoms with van der Waals surface area (Å²) in [5, 5.41) is 13.9. The van der Waals surface area contributed by atoms with E-state index >= 15 is 0 Å². The fraction of sp³-hybridized carbons (Fsp3) is 0.600. The molecule has 1 unspecified atom stereocenters. The second-order valence-corrected chi connectivity index (χ2v) is 9.89. The molecule has 1 aliphatic carbocycles. The van der Waals surface area contributed by atoms with Gasteiger partial charge in [-0.15, -0.1) is 5.10 Å². The molecule has 176 valence electrons. The molecule has 1 aromatic carbocycles. The monoisotopic (exact) mass is 451 g/mol. The van der Waals surface area contributed by atoms with Crippen LogP contribution in [0.4, 0.5) is 0 Å². The Bertz CT molecular complexity index is 1160. The van der Waals surface area contributed by atoms with E-state index in [1.165, 1.54) is 29.7 Å². The number of quaternary nitrogens is 1. The van der Waals surface area contributed by atoms with Crippen molar-refractivity contribution in [3.63, 3.8) is 0 Å². The van der Waals surface area contributed by atoms with E-state index < -0.39 is 0 Å². The molecule has 0 radical (unpaired) electrons. The minimum Gasteiger partial charge on any atom is -0.372 e. The summed E-state index contributed by atoms with van der Waals surface area (Å²) >= 11 is 0. The van der Waals surface area contributed by atoms with Crippen LogP contribution in [-0.2, 0) is 17.8 Å². The molecule has 33 heavy (non-hydrogen) atoms. The largest absolute Gasteiger partial charge is 0.372 e. The second-order valence-electron chi connectivity index (χ2n) is 9.89. The highest BCUT2D eigenvalue weighted by atomic mass is 16.5. The van der Waals surface area contributed by atoms with Crippen molar-refractivity contribution in [2.75, 3.05) is 13.2 Å². The van der Waals surface area contributed by atoms with Crippen LogP contribution < -0.4 is 10.5 Å². The van der Waals surface area contributed by atoms with Crippen LogP contribution in [0.2, 0.25) is 0 Å². The first-order chi connectivity index (χ1) is 16.1. The minimum atomic E-state index is -0.00656. The fourth-order valence-electron chi connectivity index (χ4n) is 5.51. The minimum absolute atomic E-state index is 0.00656. The van der Waals surface area contributed by atoms with Crippen molar-refractivity contribution in [2.24, 2.45) is 0 Å². The standard InChI is InChI=1S/C25H34N6O2/c1-17-10-11-18(2)24-22(17)13-19(25(32)26-24)14-30(15-21-9-6-12-33-21)16-23-27-28-29-31(23)20-7-4-3-5-8-20/h10-11,13,20-21H,3-9,12,14-16H2,1-2H3,(H,26,32)/p+1/t21-/m1/s1. The molecular formula is C25H35N6O2+. The second kappa shape index (κ2) is 9.73. The number of aryl methyl sites for hydroxylation is 2. The number of nitrogens with zero attached hydrogens (tertiary/aromatic N) is 4. The van der Waals surface area contributed by atoms with Gasteiger partial charge in [0.1, 0.15) is 25.7 Å². The molecule has 2 aromatic heterocycles. The molecule has 2 aliphatic rings. The van der Waals surface area contributed by atoms with Crippen LogP contribution in [0.25, 0.3) is 10.9 Å². The molecule has 1 aliphatic heterocycles. The highest BCUT2D eigenvalue weighted by Crippen LogP contribution is 2.27. The molecule has 0 spiro atoms. The summed E-state index contributed by atoms with van der Waals surface area (Å²) in [6.07, 6.45) is 8.46. The van der Waals surface area contributed by atoms with Gasteiger partial charge in [0.2, 0.25) is 5.82 Å². The molecule has 5 rings (SSSR count). The van der Waals surface area contributed by atoms with E-state index in [9.17, 15) is 4.79 Å². The number of H-pyrrole nitrogens is 1. The SMILES string of the molecule is Cc1ccc(C)c2[nH]c(=O)c(C[NH+](Cc3nnnn3C3CCCCC3)C[C@H]3CCCO3)cc12. The Morgan fingerprint density at radius 3 is 2.70 bits per heavy atom. The maximum absolute atomic E-state index is 13.0. The van der Waals surface area contributed by atoms with Crippen LogP contribution in [0.5, 0.6) is 0 Å². The van der Waals surface area contributed by atoms with Gasteiger partial charge < -0.3 is 14.6 Å². The molecule has 8 heteroatoms. The van der Waals surface area contributed by atoms with Gasteiger partial charge in [0.15, 0.2) is 0 Å². The summed E-state index contributed by atoms with van der Waals surface area (Å²) in [6, 6.07) is 6.65. The van der Waals surface area contributed by atoms with Gasteiger partial charge in [0.25, 0.3) is 5.56 Å². The van der Waals surface area contributed by atoms with Crippen molar-refractivity contribution < 1.29 is 9.64 Å². The van der Waals surface area contributed by atoms with Crippen molar-refractivity contribution in [3.05, 3.63) is 51.1 Å². The lowest BCUT2D eigenvalue weighted by molar-refractivity contribution is -0.931. The number of pyridine rings is 1. The molecule has 2 N–H and O–H groups in total. The molecule has 8 nitrogen and oxygen atoms in total. The van der Waals surface area contributed by atoms with Gasteiger partial charge in [0.05, 0.1) is 17.1 Å². The van der Waals surface area contributed by atoms with Gasteiger partial charge in [-0.05, 0) is 67.2 Å². The molecule has 3 heterocycles. The van der Waals surface area contributed by atoms with E-state index in [-0.39, 0.29) is 11.7 Å². The van der Waals surface area contributed by atoms with E-state index in [1.54, 1.807) is 0 Å². The number of benzene rings is 1. The maximum Gasteiger partial charge on any atom is 0.257 e. The summed E-state index contributed by atoms with van der Waals surface area (Å²) in [5.74, 6) is 0.916. The average molecular weight is 452 g/mol. The van der Waals surface area contributed by atoms with E-state index in [0.717, 1.165) is 66.7 Å². The van der Waals surface area contributed by atoms with Crippen molar-refractivity contribution in [2.45, 2.75) is 84.0 Å². The Balaban J connectivity index is 1.43. The lowest BCUT2D eigenvalue weighted by Gasteiger charge is -2.25. The number of tetrazole rings is 1. The molecule has 0 bridgehead atoms. The van der Waals surface area contributed by atoms with Gasteiger partial charge in [-0.25, -0.2) is 4.68 Å². The Kier molecular flexibility index (Phi) is 6.55. The molecular weight excluding hydrogens is 416 g/mol. The van der Waals surface area contributed by atoms with Gasteiger partial charge in [-0.3, -0.25) is 4.79 Å². The molecule has 0 amide bonds. The average Bonchev–Trinajstić information content (AvgIpc) is 3.50. The summed E-state index contributed by atoms with van der Waals surface area (Å²) < 4.78 is 8.01. The Labute approximate surface area is 194 Å². The van der Waals surface area contributed by atoms with E-state index in [2.05, 4.69) is 45.6 Å². The summed E-state index contributed by atoms with van der Waals surface area (Å²) in [5.41, 5.74) is 4.00. The molecule has 3 aromatic rings. The number of ether oxygens (including phenoxy) is 1. The van der Waals surface area contributed by atoms with Crippen LogP contribution in [0, 0.1) is 13.8 Å². The highest BCUT2D eigenvalue weighted by molar-refractivity contribution is 5.85. The third-order valence-electron chi connectivity index (χ3n) is 7.39. The van der Waals surface area contributed by atoms with Crippen LogP contribution in [-0.4, -0.2) is 44.4 Å². The smallest absolute Gasteiger partial charge is 0.257 e. The van der Waals surface area contributed by atoms with E-state index in [0.29, 0.717) is 19.1 Å². The molecule has 2 fully saturated rings. The van der Waals surface area contributed by atoms with Crippen molar-refractivity contribution in [3.8, 4) is 0 Å². The van der Waals surface area contributed by atoms with Crippen LogP contribution in [0.15, 0.2) is 23.0 Å². The quantitative estimate of drug-likeness (QED) is 0.576. The van der Waals surface area contributed by atoms with Gasteiger partial charge in [-0.2, -0.15) is 0 Å². The zero-order valence-corrected chi connectivity index (χ0v) is 19.8. The molecule has 1 saturated heterocycles. The third-order valence-corrected chi connectivity index (χ3v) is 7.39. The number of hydrogen-bond donors (Lipinski definition) is 2.